The second kappa shape index (κ2) is 6.99. The quantitative estimate of drug-likeness (QED) is 0.614. The minimum absolute atomic E-state index is 0. The molecule has 2 rings (SSSR count). The maximum Gasteiger partial charge on any atom is 0.410 e. The van der Waals surface area contributed by atoms with Crippen molar-refractivity contribution in [1.29, 1.82) is 0 Å². The normalized spacial score (nSPS) is 18.5. The monoisotopic (exact) mass is 330 g/mol. The summed E-state index contributed by atoms with van der Waals surface area (Å²) in [4.78, 5) is 23.9. The maximum absolute atomic E-state index is 12.1. The van der Waals surface area contributed by atoms with Gasteiger partial charge >= 0.3 is 11.8 Å². The van der Waals surface area contributed by atoms with Gasteiger partial charge in [0.05, 0.1) is 11.0 Å². The van der Waals surface area contributed by atoms with E-state index in [0.717, 1.165) is 12.8 Å². The number of nitro groups is 1. The lowest BCUT2D eigenvalue weighted by Gasteiger charge is -2.34. The Morgan fingerprint density at radius 3 is 2.73 bits per heavy atom. The van der Waals surface area contributed by atoms with E-state index in [0.29, 0.717) is 13.1 Å². The molecule has 0 N–H and O–H groups in total. The standard InChI is InChI=1S/C13H20N4O4.H2S/c1-13(2,3)21-12(18)15-6-4-5-10(8-15)16-9-11(7-14-16)17(19)20;/h7,9-10H,4-6,8H2,1-3H3;1H2/t10-;/m0./s1. The molecule has 0 saturated carbocycles. The van der Waals surface area contributed by atoms with Crippen molar-refractivity contribution in [3.63, 3.8) is 0 Å². The average molecular weight is 330 g/mol. The molecule has 1 aromatic rings. The molecule has 1 saturated heterocycles. The molecule has 1 aliphatic rings. The van der Waals surface area contributed by atoms with Gasteiger partial charge in [0.2, 0.25) is 0 Å². The predicted molar refractivity (Wildman–Crippen MR) is 85.3 cm³/mol. The lowest BCUT2D eigenvalue weighted by molar-refractivity contribution is -0.385. The fourth-order valence-corrected chi connectivity index (χ4v) is 2.28. The van der Waals surface area contributed by atoms with Crippen LogP contribution < -0.4 is 0 Å². The Labute approximate surface area is 136 Å². The second-order valence-corrected chi connectivity index (χ2v) is 6.16. The van der Waals surface area contributed by atoms with Gasteiger partial charge in [0.15, 0.2) is 0 Å². The van der Waals surface area contributed by atoms with Gasteiger partial charge in [-0.05, 0) is 33.6 Å². The van der Waals surface area contributed by atoms with E-state index in [1.165, 1.54) is 12.4 Å². The van der Waals surface area contributed by atoms with Gasteiger partial charge in [-0.2, -0.15) is 18.6 Å². The number of rotatable bonds is 2. The molecule has 0 unspecified atom stereocenters. The third kappa shape index (κ3) is 4.62. The summed E-state index contributed by atoms with van der Waals surface area (Å²) >= 11 is 0. The number of hydrogen-bond donors (Lipinski definition) is 0. The minimum atomic E-state index is -0.533. The van der Waals surface area contributed by atoms with Crippen LogP contribution in [0.4, 0.5) is 10.5 Å². The third-order valence-electron chi connectivity index (χ3n) is 3.22. The zero-order valence-electron chi connectivity index (χ0n) is 13.0. The molecule has 0 spiro atoms. The largest absolute Gasteiger partial charge is 0.444 e. The fourth-order valence-electron chi connectivity index (χ4n) is 2.28. The number of carbonyl (C=O) groups excluding carboxylic acids is 1. The summed E-state index contributed by atoms with van der Waals surface area (Å²) in [5.41, 5.74) is -0.571. The zero-order valence-corrected chi connectivity index (χ0v) is 14.0. The number of piperidine rings is 1. The van der Waals surface area contributed by atoms with Crippen molar-refractivity contribution < 1.29 is 14.5 Å². The van der Waals surface area contributed by atoms with Crippen LogP contribution in [-0.4, -0.2) is 44.4 Å². The molecule has 0 aliphatic carbocycles. The highest BCUT2D eigenvalue weighted by molar-refractivity contribution is 7.59. The SMILES string of the molecule is CC(C)(C)OC(=O)N1CCC[C@H](n2cc([N+](=O)[O-])cn2)C1.S. The molecule has 8 nitrogen and oxygen atoms in total. The van der Waals surface area contributed by atoms with Crippen LogP contribution in [0.25, 0.3) is 0 Å². The van der Waals surface area contributed by atoms with Crippen molar-refractivity contribution in [2.45, 2.75) is 45.3 Å². The van der Waals surface area contributed by atoms with Crippen molar-refractivity contribution in [2.24, 2.45) is 0 Å². The summed E-state index contributed by atoms with van der Waals surface area (Å²) in [6.45, 7) is 6.55. The van der Waals surface area contributed by atoms with Crippen LogP contribution in [0.1, 0.15) is 39.7 Å². The minimum Gasteiger partial charge on any atom is -0.444 e. The number of likely N-dealkylation sites (tertiary alicyclic amines) is 1. The van der Waals surface area contributed by atoms with E-state index in [-0.39, 0.29) is 31.3 Å². The lowest BCUT2D eigenvalue weighted by Crippen LogP contribution is -2.43. The Bertz CT molecular complexity index is 540. The van der Waals surface area contributed by atoms with Crippen molar-refractivity contribution in [3.8, 4) is 0 Å². The van der Waals surface area contributed by atoms with Crippen molar-refractivity contribution in [2.75, 3.05) is 13.1 Å². The molecule has 0 bridgehead atoms. The predicted octanol–water partition coefficient (Wildman–Crippen LogP) is 2.48. The summed E-state index contributed by atoms with van der Waals surface area (Å²) in [6.07, 6.45) is 3.93. The number of hydrogen-bond acceptors (Lipinski definition) is 5. The van der Waals surface area contributed by atoms with Crippen LogP contribution in [0, 0.1) is 10.1 Å². The van der Waals surface area contributed by atoms with Crippen LogP contribution in [0.15, 0.2) is 12.4 Å². The first-order chi connectivity index (χ1) is 9.76. The molecule has 1 aromatic heterocycles. The van der Waals surface area contributed by atoms with Gasteiger partial charge in [-0.1, -0.05) is 0 Å². The second-order valence-electron chi connectivity index (χ2n) is 6.16. The Morgan fingerprint density at radius 1 is 1.50 bits per heavy atom. The van der Waals surface area contributed by atoms with Crippen LogP contribution >= 0.6 is 13.5 Å². The van der Waals surface area contributed by atoms with E-state index in [9.17, 15) is 14.9 Å². The van der Waals surface area contributed by atoms with Gasteiger partial charge in [0, 0.05) is 13.1 Å². The van der Waals surface area contributed by atoms with Crippen LogP contribution in [0.5, 0.6) is 0 Å². The molecule has 9 heteroatoms. The van der Waals surface area contributed by atoms with E-state index in [2.05, 4.69) is 5.10 Å². The van der Waals surface area contributed by atoms with Crippen molar-refractivity contribution in [1.82, 2.24) is 14.7 Å². The lowest BCUT2D eigenvalue weighted by atomic mass is 10.1. The summed E-state index contributed by atoms with van der Waals surface area (Å²) in [7, 11) is 0. The molecule has 1 aliphatic heterocycles. The summed E-state index contributed by atoms with van der Waals surface area (Å²) < 4.78 is 6.92. The van der Waals surface area contributed by atoms with E-state index < -0.39 is 10.5 Å². The molecule has 0 radical (unpaired) electrons. The Morgan fingerprint density at radius 2 is 2.18 bits per heavy atom. The van der Waals surface area contributed by atoms with Gasteiger partial charge in [-0.25, -0.2) is 4.79 Å². The Balaban J connectivity index is 0.00000242. The summed E-state index contributed by atoms with van der Waals surface area (Å²) in [6, 6.07) is -0.0556. The molecule has 1 fully saturated rings. The topological polar surface area (TPSA) is 90.5 Å². The smallest absolute Gasteiger partial charge is 0.410 e. The average Bonchev–Trinajstić information content (AvgIpc) is 2.86. The summed E-state index contributed by atoms with van der Waals surface area (Å²) in [5.74, 6) is 0. The number of aromatic nitrogens is 2. The van der Waals surface area contributed by atoms with Gasteiger partial charge in [0.1, 0.15) is 18.0 Å². The van der Waals surface area contributed by atoms with Crippen molar-refractivity contribution >= 4 is 25.3 Å². The molecule has 0 aromatic carbocycles. The van der Waals surface area contributed by atoms with E-state index in [1.807, 2.05) is 20.8 Å². The molecule has 2 heterocycles. The highest BCUT2D eigenvalue weighted by Gasteiger charge is 2.29. The fraction of sp³-hybridized carbons (Fsp3) is 0.692. The molecule has 124 valence electrons. The number of amides is 1. The van der Waals surface area contributed by atoms with Gasteiger partial charge in [-0.3, -0.25) is 14.8 Å². The number of ether oxygens (including phenoxy) is 1. The first kappa shape index (κ1) is 18.3. The van der Waals surface area contributed by atoms with Crippen LogP contribution in [0.2, 0.25) is 0 Å². The number of carbonyl (C=O) groups is 1. The van der Waals surface area contributed by atoms with Gasteiger partial charge in [0.25, 0.3) is 0 Å². The molecular formula is C13H22N4O4S. The van der Waals surface area contributed by atoms with E-state index in [1.54, 1.807) is 9.58 Å². The zero-order chi connectivity index (χ0) is 15.6. The van der Waals surface area contributed by atoms with Crippen molar-refractivity contribution in [3.05, 3.63) is 22.5 Å². The molecule has 1 atom stereocenters. The maximum atomic E-state index is 12.1. The highest BCUT2D eigenvalue weighted by Crippen LogP contribution is 2.24. The van der Waals surface area contributed by atoms with Gasteiger partial charge < -0.3 is 9.64 Å². The van der Waals surface area contributed by atoms with Crippen LogP contribution in [0.3, 0.4) is 0 Å². The Hall–Kier alpha value is -1.77. The Kier molecular flexibility index (Phi) is 5.81. The number of nitrogens with zero attached hydrogens (tertiary/aromatic N) is 4. The van der Waals surface area contributed by atoms with Gasteiger partial charge in [-0.15, -0.1) is 0 Å². The molecule has 1 amide bonds. The van der Waals surface area contributed by atoms with E-state index >= 15 is 0 Å². The highest BCUT2D eigenvalue weighted by atomic mass is 32.1. The first-order valence-corrected chi connectivity index (χ1v) is 6.93. The molecular weight excluding hydrogens is 308 g/mol. The van der Waals surface area contributed by atoms with Crippen LogP contribution in [-0.2, 0) is 4.74 Å². The van der Waals surface area contributed by atoms with E-state index in [4.69, 9.17) is 4.74 Å². The first-order valence-electron chi connectivity index (χ1n) is 6.93. The summed E-state index contributed by atoms with van der Waals surface area (Å²) in [5, 5.41) is 14.7. The molecule has 22 heavy (non-hydrogen) atoms. The third-order valence-corrected chi connectivity index (χ3v) is 3.22.